The van der Waals surface area contributed by atoms with Crippen LogP contribution in [0.5, 0.6) is 0 Å². The molecule has 0 fully saturated rings. The Bertz CT molecular complexity index is 945. The first-order valence-electron chi connectivity index (χ1n) is 8.16. The monoisotopic (exact) mass is 421 g/mol. The summed E-state index contributed by atoms with van der Waals surface area (Å²) in [5.41, 5.74) is 2.88. The molecule has 0 aliphatic carbocycles. The van der Waals surface area contributed by atoms with Gasteiger partial charge in [-0.25, -0.2) is 0 Å². The lowest BCUT2D eigenvalue weighted by molar-refractivity contribution is -0.119. The van der Waals surface area contributed by atoms with E-state index in [1.165, 1.54) is 11.8 Å². The first-order chi connectivity index (χ1) is 12.9. The molecule has 1 amide bonds. The lowest BCUT2D eigenvalue weighted by Crippen LogP contribution is -2.28. The van der Waals surface area contributed by atoms with Gasteiger partial charge in [0.25, 0.3) is 0 Å². The van der Waals surface area contributed by atoms with E-state index in [1.54, 1.807) is 16.8 Å². The van der Waals surface area contributed by atoms with E-state index in [4.69, 9.17) is 23.2 Å². The van der Waals surface area contributed by atoms with Crippen LogP contribution in [0.2, 0.25) is 10.0 Å². The van der Waals surface area contributed by atoms with Gasteiger partial charge in [0.15, 0.2) is 0 Å². The van der Waals surface area contributed by atoms with Crippen LogP contribution in [0, 0.1) is 6.92 Å². The Kier molecular flexibility index (Phi) is 6.36. The maximum absolute atomic E-state index is 12.3. The maximum Gasteiger partial charge on any atom is 0.230 e. The molecule has 0 spiro atoms. The van der Waals surface area contributed by atoms with Crippen LogP contribution in [0.25, 0.3) is 5.69 Å². The van der Waals surface area contributed by atoms with Crippen molar-refractivity contribution in [3.8, 4) is 5.69 Å². The SMILES string of the molecule is Cc1ccc(-n2nnnc2SCC(=O)NC(C)c2ccc(Cl)c(Cl)c2)cc1. The highest BCUT2D eigenvalue weighted by molar-refractivity contribution is 7.99. The number of benzene rings is 2. The highest BCUT2D eigenvalue weighted by Gasteiger charge is 2.14. The first kappa shape index (κ1) is 19.7. The van der Waals surface area contributed by atoms with Gasteiger partial charge in [0, 0.05) is 0 Å². The minimum absolute atomic E-state index is 0.128. The van der Waals surface area contributed by atoms with Crippen LogP contribution in [0.15, 0.2) is 47.6 Å². The molecule has 1 N–H and O–H groups in total. The molecular weight excluding hydrogens is 405 g/mol. The van der Waals surface area contributed by atoms with E-state index in [0.29, 0.717) is 15.2 Å². The smallest absolute Gasteiger partial charge is 0.230 e. The second kappa shape index (κ2) is 8.73. The molecule has 3 rings (SSSR count). The predicted molar refractivity (Wildman–Crippen MR) is 108 cm³/mol. The number of aryl methyl sites for hydroxylation is 1. The van der Waals surface area contributed by atoms with Crippen molar-refractivity contribution in [2.75, 3.05) is 5.75 Å². The molecule has 1 heterocycles. The number of amides is 1. The number of nitrogens with zero attached hydrogens (tertiary/aromatic N) is 4. The number of carbonyl (C=O) groups is 1. The van der Waals surface area contributed by atoms with Crippen molar-refractivity contribution in [1.82, 2.24) is 25.5 Å². The maximum atomic E-state index is 12.3. The Labute approximate surface area is 171 Å². The summed E-state index contributed by atoms with van der Waals surface area (Å²) in [5.74, 6) is 0.0646. The highest BCUT2D eigenvalue weighted by Crippen LogP contribution is 2.25. The van der Waals surface area contributed by atoms with Crippen molar-refractivity contribution >= 4 is 40.9 Å². The molecule has 0 radical (unpaired) electrons. The minimum Gasteiger partial charge on any atom is -0.349 e. The molecule has 1 atom stereocenters. The van der Waals surface area contributed by atoms with Crippen LogP contribution >= 0.6 is 35.0 Å². The Morgan fingerprint density at radius 1 is 1.19 bits per heavy atom. The summed E-state index contributed by atoms with van der Waals surface area (Å²) in [6.07, 6.45) is 0. The lowest BCUT2D eigenvalue weighted by atomic mass is 10.1. The molecule has 0 saturated heterocycles. The third-order valence-electron chi connectivity index (χ3n) is 3.87. The quantitative estimate of drug-likeness (QED) is 0.602. The van der Waals surface area contributed by atoms with Gasteiger partial charge in [0.05, 0.1) is 27.5 Å². The number of thioether (sulfide) groups is 1. The summed E-state index contributed by atoms with van der Waals surface area (Å²) in [5, 5.41) is 16.1. The molecule has 1 aromatic heterocycles. The minimum atomic E-state index is -0.194. The summed E-state index contributed by atoms with van der Waals surface area (Å²) in [6.45, 7) is 3.90. The van der Waals surface area contributed by atoms with Gasteiger partial charge < -0.3 is 5.32 Å². The molecule has 1 unspecified atom stereocenters. The summed E-state index contributed by atoms with van der Waals surface area (Å²) in [7, 11) is 0. The van der Waals surface area contributed by atoms with Gasteiger partial charge in [-0.15, -0.1) is 5.10 Å². The standard InChI is InChI=1S/C18H17Cl2N5OS/c1-11-3-6-14(7-4-11)25-18(22-23-24-25)27-10-17(26)21-12(2)13-5-8-15(19)16(20)9-13/h3-9,12H,10H2,1-2H3,(H,21,26). The van der Waals surface area contributed by atoms with Crippen molar-refractivity contribution in [1.29, 1.82) is 0 Å². The summed E-state index contributed by atoms with van der Waals surface area (Å²) < 4.78 is 1.61. The average Bonchev–Trinajstić information content (AvgIpc) is 3.11. The molecular formula is C18H17Cl2N5OS. The zero-order valence-corrected chi connectivity index (χ0v) is 17.0. The Hall–Kier alpha value is -2.09. The Morgan fingerprint density at radius 3 is 2.63 bits per heavy atom. The summed E-state index contributed by atoms with van der Waals surface area (Å²) in [4.78, 5) is 12.3. The molecule has 9 heteroatoms. The summed E-state index contributed by atoms with van der Waals surface area (Å²) in [6, 6.07) is 12.9. The zero-order chi connectivity index (χ0) is 19.4. The second-order valence-corrected chi connectivity index (χ2v) is 7.72. The third-order valence-corrected chi connectivity index (χ3v) is 5.53. The molecule has 0 aliphatic rings. The van der Waals surface area contributed by atoms with E-state index in [-0.39, 0.29) is 17.7 Å². The average molecular weight is 422 g/mol. The summed E-state index contributed by atoms with van der Waals surface area (Å²) >= 11 is 13.2. The van der Waals surface area contributed by atoms with E-state index >= 15 is 0 Å². The van der Waals surface area contributed by atoms with Gasteiger partial charge in [0.2, 0.25) is 11.1 Å². The van der Waals surface area contributed by atoms with Crippen LogP contribution in [0.4, 0.5) is 0 Å². The molecule has 0 bridgehead atoms. The van der Waals surface area contributed by atoms with E-state index < -0.39 is 0 Å². The van der Waals surface area contributed by atoms with Crippen molar-refractivity contribution in [2.24, 2.45) is 0 Å². The van der Waals surface area contributed by atoms with Crippen LogP contribution in [0.1, 0.15) is 24.1 Å². The van der Waals surface area contributed by atoms with Crippen molar-refractivity contribution in [2.45, 2.75) is 25.0 Å². The predicted octanol–water partition coefficient (Wildman–Crippen LogP) is 4.25. The number of halogens is 2. The van der Waals surface area contributed by atoms with Crippen LogP contribution in [-0.4, -0.2) is 31.9 Å². The Morgan fingerprint density at radius 2 is 1.93 bits per heavy atom. The van der Waals surface area contributed by atoms with E-state index in [0.717, 1.165) is 16.8 Å². The van der Waals surface area contributed by atoms with Gasteiger partial charge in [0.1, 0.15) is 0 Å². The number of aromatic nitrogens is 4. The Balaban J connectivity index is 1.60. The number of carbonyl (C=O) groups excluding carboxylic acids is 1. The fraction of sp³-hybridized carbons (Fsp3) is 0.222. The second-order valence-electron chi connectivity index (χ2n) is 5.96. The van der Waals surface area contributed by atoms with Gasteiger partial charge in [-0.05, 0) is 54.1 Å². The molecule has 0 saturated carbocycles. The first-order valence-corrected chi connectivity index (χ1v) is 9.90. The number of nitrogens with one attached hydrogen (secondary N) is 1. The van der Waals surface area contributed by atoms with Gasteiger partial charge in [-0.1, -0.05) is 58.7 Å². The van der Waals surface area contributed by atoms with Crippen molar-refractivity contribution in [3.05, 3.63) is 63.6 Å². The largest absolute Gasteiger partial charge is 0.349 e. The molecule has 27 heavy (non-hydrogen) atoms. The highest BCUT2D eigenvalue weighted by atomic mass is 35.5. The van der Waals surface area contributed by atoms with Crippen molar-refractivity contribution in [3.63, 3.8) is 0 Å². The third kappa shape index (κ3) is 5.00. The molecule has 3 aromatic rings. The topological polar surface area (TPSA) is 72.7 Å². The van der Waals surface area contributed by atoms with Crippen molar-refractivity contribution < 1.29 is 4.79 Å². The van der Waals surface area contributed by atoms with Crippen LogP contribution in [-0.2, 0) is 4.79 Å². The number of tetrazole rings is 1. The normalized spacial score (nSPS) is 12.0. The fourth-order valence-electron chi connectivity index (χ4n) is 2.40. The van der Waals surface area contributed by atoms with E-state index in [1.807, 2.05) is 44.2 Å². The van der Waals surface area contributed by atoms with Crippen LogP contribution in [0.3, 0.4) is 0 Å². The van der Waals surface area contributed by atoms with E-state index in [9.17, 15) is 4.79 Å². The fourth-order valence-corrected chi connectivity index (χ4v) is 3.40. The molecule has 6 nitrogen and oxygen atoms in total. The molecule has 140 valence electrons. The molecule has 0 aliphatic heterocycles. The number of hydrogen-bond acceptors (Lipinski definition) is 5. The lowest BCUT2D eigenvalue weighted by Gasteiger charge is -2.14. The van der Waals surface area contributed by atoms with E-state index in [2.05, 4.69) is 20.8 Å². The number of rotatable bonds is 6. The molecule has 2 aromatic carbocycles. The zero-order valence-electron chi connectivity index (χ0n) is 14.7. The van der Waals surface area contributed by atoms with Gasteiger partial charge >= 0.3 is 0 Å². The number of hydrogen-bond donors (Lipinski definition) is 1. The van der Waals surface area contributed by atoms with Gasteiger partial charge in [-0.2, -0.15) is 4.68 Å². The van der Waals surface area contributed by atoms with Gasteiger partial charge in [-0.3, -0.25) is 4.79 Å². The van der Waals surface area contributed by atoms with Crippen LogP contribution < -0.4 is 5.32 Å².